The van der Waals surface area contributed by atoms with Gasteiger partial charge in [0, 0.05) is 17.0 Å². The third-order valence-corrected chi connectivity index (χ3v) is 4.65. The molecule has 0 aliphatic rings. The molecule has 0 aliphatic heterocycles. The number of carbonyl (C=O) groups is 1. The van der Waals surface area contributed by atoms with E-state index in [1.807, 2.05) is 43.5 Å². The molecule has 0 spiro atoms. The van der Waals surface area contributed by atoms with Crippen molar-refractivity contribution in [2.24, 2.45) is 0 Å². The van der Waals surface area contributed by atoms with Crippen molar-refractivity contribution in [1.82, 2.24) is 15.6 Å². The van der Waals surface area contributed by atoms with E-state index in [-0.39, 0.29) is 18.1 Å². The van der Waals surface area contributed by atoms with Crippen LogP contribution in [0.4, 0.5) is 4.79 Å². The molecule has 2 atom stereocenters. The second kappa shape index (κ2) is 6.92. The number of hydrogen-bond acceptors (Lipinski definition) is 5. The molecule has 0 saturated heterocycles. The summed E-state index contributed by atoms with van der Waals surface area (Å²) in [6.07, 6.45) is 1.72. The number of urea groups is 1. The summed E-state index contributed by atoms with van der Waals surface area (Å²) < 4.78 is 11.1. The van der Waals surface area contributed by atoms with Crippen molar-refractivity contribution < 1.29 is 13.9 Å². The van der Waals surface area contributed by atoms with Gasteiger partial charge in [0.05, 0.1) is 19.2 Å². The highest BCUT2D eigenvalue weighted by atomic mass is 32.1. The van der Waals surface area contributed by atoms with Crippen molar-refractivity contribution in [2.75, 3.05) is 7.11 Å². The van der Waals surface area contributed by atoms with E-state index in [9.17, 15) is 4.79 Å². The normalized spacial score (nSPS) is 13.5. The number of fused-ring (bicyclic) bond motifs is 1. The van der Waals surface area contributed by atoms with Crippen molar-refractivity contribution in [3.05, 3.63) is 46.6 Å². The van der Waals surface area contributed by atoms with Crippen LogP contribution in [0, 0.1) is 0 Å². The van der Waals surface area contributed by atoms with Gasteiger partial charge in [-0.25, -0.2) is 9.78 Å². The molecule has 7 heteroatoms. The third kappa shape index (κ3) is 3.35. The summed E-state index contributed by atoms with van der Waals surface area (Å²) in [7, 11) is 1.60. The van der Waals surface area contributed by atoms with E-state index >= 15 is 0 Å². The first-order chi connectivity index (χ1) is 11.6. The molecule has 2 N–H and O–H groups in total. The molecule has 0 saturated carbocycles. The number of nitrogens with zero attached hydrogens (tertiary/aromatic N) is 1. The fraction of sp³-hybridized carbons (Fsp3) is 0.294. The number of thiazole rings is 1. The average Bonchev–Trinajstić information content (AvgIpc) is 3.23. The highest BCUT2D eigenvalue weighted by molar-refractivity contribution is 7.09. The molecule has 3 rings (SSSR count). The van der Waals surface area contributed by atoms with E-state index in [1.54, 1.807) is 13.3 Å². The number of amides is 2. The van der Waals surface area contributed by atoms with Gasteiger partial charge in [0.1, 0.15) is 10.8 Å². The molecular weight excluding hydrogens is 326 g/mol. The number of carbonyl (C=O) groups excluding carboxylic acids is 1. The van der Waals surface area contributed by atoms with Crippen molar-refractivity contribution in [1.29, 1.82) is 0 Å². The van der Waals surface area contributed by atoms with Gasteiger partial charge in [0.15, 0.2) is 11.3 Å². The summed E-state index contributed by atoms with van der Waals surface area (Å²) >= 11 is 1.51. The minimum absolute atomic E-state index is 0.145. The lowest BCUT2D eigenvalue weighted by molar-refractivity contribution is 0.233. The van der Waals surface area contributed by atoms with Crippen LogP contribution in [0.3, 0.4) is 0 Å². The zero-order valence-electron chi connectivity index (χ0n) is 13.7. The molecule has 2 heterocycles. The predicted octanol–water partition coefficient (Wildman–Crippen LogP) is 4.02. The third-order valence-electron chi connectivity index (χ3n) is 3.69. The molecule has 2 unspecified atom stereocenters. The fourth-order valence-corrected chi connectivity index (χ4v) is 3.09. The summed E-state index contributed by atoms with van der Waals surface area (Å²) in [6.45, 7) is 3.77. The highest BCUT2D eigenvalue weighted by Gasteiger charge is 2.18. The largest absolute Gasteiger partial charge is 0.493 e. The number of para-hydroxylation sites is 1. The molecule has 0 bridgehead atoms. The Bertz CT molecular complexity index is 829. The second-order valence-electron chi connectivity index (χ2n) is 5.46. The predicted molar refractivity (Wildman–Crippen MR) is 93.4 cm³/mol. The Morgan fingerprint density at radius 3 is 2.79 bits per heavy atom. The van der Waals surface area contributed by atoms with Gasteiger partial charge in [-0.2, -0.15) is 0 Å². The molecule has 24 heavy (non-hydrogen) atoms. The summed E-state index contributed by atoms with van der Waals surface area (Å²) in [5.41, 5.74) is 0.681. The lowest BCUT2D eigenvalue weighted by Gasteiger charge is -2.15. The molecule has 0 radical (unpaired) electrons. The Hall–Kier alpha value is -2.54. The van der Waals surface area contributed by atoms with E-state index in [1.165, 1.54) is 11.3 Å². The van der Waals surface area contributed by atoms with E-state index in [0.717, 1.165) is 10.4 Å². The molecule has 1 aromatic carbocycles. The van der Waals surface area contributed by atoms with Crippen LogP contribution in [-0.4, -0.2) is 18.1 Å². The number of furan rings is 1. The van der Waals surface area contributed by atoms with Crippen molar-refractivity contribution >= 4 is 28.3 Å². The first kappa shape index (κ1) is 16.3. The van der Waals surface area contributed by atoms with Gasteiger partial charge in [-0.15, -0.1) is 11.3 Å². The maximum atomic E-state index is 12.2. The number of nitrogens with one attached hydrogen (secondary N) is 2. The first-order valence-corrected chi connectivity index (χ1v) is 8.49. The van der Waals surface area contributed by atoms with Gasteiger partial charge in [-0.3, -0.25) is 0 Å². The number of hydrogen-bond donors (Lipinski definition) is 2. The second-order valence-corrected chi connectivity index (χ2v) is 6.39. The molecular formula is C17H19N3O3S. The standard InChI is InChI=1S/C17H19N3O3S/c1-10(19-17(21)20-11(2)16-18-7-8-24-16)14-9-12-5-4-6-13(22-3)15(12)23-14/h4-11H,1-3H3,(H2,19,20,21). The topological polar surface area (TPSA) is 76.4 Å². The Morgan fingerprint density at radius 2 is 2.08 bits per heavy atom. The smallest absolute Gasteiger partial charge is 0.315 e. The molecule has 6 nitrogen and oxygen atoms in total. The van der Waals surface area contributed by atoms with Crippen LogP contribution in [0.1, 0.15) is 36.7 Å². The Labute approximate surface area is 143 Å². The van der Waals surface area contributed by atoms with Gasteiger partial charge in [-0.05, 0) is 26.0 Å². The number of aromatic nitrogens is 1. The monoisotopic (exact) mass is 345 g/mol. The van der Waals surface area contributed by atoms with Crippen molar-refractivity contribution in [3.8, 4) is 5.75 Å². The van der Waals surface area contributed by atoms with Crippen LogP contribution in [0.5, 0.6) is 5.75 Å². The average molecular weight is 345 g/mol. The zero-order valence-corrected chi connectivity index (χ0v) is 14.5. The minimum Gasteiger partial charge on any atom is -0.493 e. The van der Waals surface area contributed by atoms with Gasteiger partial charge in [-0.1, -0.05) is 12.1 Å². The minimum atomic E-state index is -0.273. The van der Waals surface area contributed by atoms with Crippen molar-refractivity contribution in [2.45, 2.75) is 25.9 Å². The lowest BCUT2D eigenvalue weighted by atomic mass is 10.2. The highest BCUT2D eigenvalue weighted by Crippen LogP contribution is 2.30. The maximum absolute atomic E-state index is 12.2. The number of rotatable bonds is 5. The van der Waals surface area contributed by atoms with Crippen molar-refractivity contribution in [3.63, 3.8) is 0 Å². The lowest BCUT2D eigenvalue weighted by Crippen LogP contribution is -2.38. The Morgan fingerprint density at radius 1 is 1.29 bits per heavy atom. The van der Waals surface area contributed by atoms with E-state index in [4.69, 9.17) is 9.15 Å². The number of methoxy groups -OCH3 is 1. The van der Waals surface area contributed by atoms with Crippen LogP contribution in [0.25, 0.3) is 11.0 Å². The molecule has 0 fully saturated rings. The summed E-state index contributed by atoms with van der Waals surface area (Å²) in [5, 5.41) is 9.44. The quantitative estimate of drug-likeness (QED) is 0.732. The first-order valence-electron chi connectivity index (χ1n) is 7.61. The summed E-state index contributed by atoms with van der Waals surface area (Å²) in [5.74, 6) is 1.35. The van der Waals surface area contributed by atoms with Crippen LogP contribution in [0.15, 0.2) is 40.3 Å². The van der Waals surface area contributed by atoms with E-state index in [2.05, 4.69) is 15.6 Å². The van der Waals surface area contributed by atoms with Crippen LogP contribution < -0.4 is 15.4 Å². The van der Waals surface area contributed by atoms with Gasteiger partial charge in [0.25, 0.3) is 0 Å². The Balaban J connectivity index is 1.68. The molecule has 0 aliphatic carbocycles. The van der Waals surface area contributed by atoms with Crippen LogP contribution in [0.2, 0.25) is 0 Å². The number of benzene rings is 1. The number of ether oxygens (including phenoxy) is 1. The van der Waals surface area contributed by atoms with E-state index < -0.39 is 0 Å². The van der Waals surface area contributed by atoms with Gasteiger partial charge >= 0.3 is 6.03 Å². The van der Waals surface area contributed by atoms with Gasteiger partial charge < -0.3 is 19.8 Å². The SMILES string of the molecule is COc1cccc2cc(C(C)NC(=O)NC(C)c3nccs3)oc12. The molecule has 3 aromatic rings. The maximum Gasteiger partial charge on any atom is 0.315 e. The van der Waals surface area contributed by atoms with Crippen LogP contribution >= 0.6 is 11.3 Å². The Kier molecular flexibility index (Phi) is 4.71. The molecule has 126 valence electrons. The molecule has 2 amide bonds. The summed E-state index contributed by atoms with van der Waals surface area (Å²) in [6, 6.07) is 6.92. The van der Waals surface area contributed by atoms with Crippen LogP contribution in [-0.2, 0) is 0 Å². The zero-order chi connectivity index (χ0) is 17.1. The van der Waals surface area contributed by atoms with E-state index in [0.29, 0.717) is 17.1 Å². The summed E-state index contributed by atoms with van der Waals surface area (Å²) in [4.78, 5) is 16.4. The fourth-order valence-electron chi connectivity index (χ4n) is 2.45. The molecule has 2 aromatic heterocycles. The van der Waals surface area contributed by atoms with Gasteiger partial charge in [0.2, 0.25) is 0 Å².